The van der Waals surface area contributed by atoms with Crippen LogP contribution in [0, 0.1) is 17.8 Å². The maximum Gasteiger partial charge on any atom is 0.240 e. The zero-order valence-corrected chi connectivity index (χ0v) is 11.2. The molecule has 0 amide bonds. The maximum absolute atomic E-state index is 12.1. The highest BCUT2D eigenvalue weighted by molar-refractivity contribution is 7.89. The van der Waals surface area contributed by atoms with E-state index < -0.39 is 10.0 Å². The Morgan fingerprint density at radius 3 is 2.50 bits per heavy atom. The van der Waals surface area contributed by atoms with E-state index in [0.717, 1.165) is 11.8 Å². The van der Waals surface area contributed by atoms with Crippen molar-refractivity contribution in [2.24, 2.45) is 17.8 Å². The largest absolute Gasteiger partial charge is 0.240 e. The third-order valence-electron chi connectivity index (χ3n) is 4.47. The molecule has 1 aromatic carbocycles. The monoisotopic (exact) mass is 265 g/mol. The van der Waals surface area contributed by atoms with Crippen LogP contribution >= 0.6 is 0 Å². The lowest BCUT2D eigenvalue weighted by molar-refractivity contribution is 0.333. The Balaban J connectivity index is 1.63. The molecule has 2 aliphatic carbocycles. The summed E-state index contributed by atoms with van der Waals surface area (Å²) in [5.74, 6) is 2.18. The molecule has 98 valence electrons. The van der Waals surface area contributed by atoms with Crippen molar-refractivity contribution in [2.75, 3.05) is 6.54 Å². The minimum Gasteiger partial charge on any atom is -0.211 e. The molecule has 1 aromatic rings. The summed E-state index contributed by atoms with van der Waals surface area (Å²) in [6.45, 7) is 0.610. The molecule has 3 rings (SSSR count). The third kappa shape index (κ3) is 2.31. The Morgan fingerprint density at radius 1 is 1.11 bits per heavy atom. The van der Waals surface area contributed by atoms with Crippen LogP contribution in [-0.4, -0.2) is 15.0 Å². The van der Waals surface area contributed by atoms with Crippen LogP contribution in [0.1, 0.15) is 25.7 Å². The fourth-order valence-electron chi connectivity index (χ4n) is 3.53. The van der Waals surface area contributed by atoms with Gasteiger partial charge in [0.1, 0.15) is 0 Å². The van der Waals surface area contributed by atoms with E-state index in [0.29, 0.717) is 17.4 Å². The average molecular weight is 265 g/mol. The third-order valence-corrected chi connectivity index (χ3v) is 5.91. The van der Waals surface area contributed by atoms with Crippen LogP contribution in [0.3, 0.4) is 0 Å². The minimum atomic E-state index is -3.31. The summed E-state index contributed by atoms with van der Waals surface area (Å²) in [4.78, 5) is 0.369. The van der Waals surface area contributed by atoms with Gasteiger partial charge < -0.3 is 0 Å². The van der Waals surface area contributed by atoms with E-state index in [1.54, 1.807) is 24.3 Å². The highest BCUT2D eigenvalue weighted by Crippen LogP contribution is 2.48. The average Bonchev–Trinajstić information content (AvgIpc) is 3.00. The van der Waals surface area contributed by atoms with Crippen molar-refractivity contribution in [3.63, 3.8) is 0 Å². The lowest BCUT2D eigenvalue weighted by atomic mass is 9.89. The highest BCUT2D eigenvalue weighted by Gasteiger charge is 2.39. The zero-order valence-electron chi connectivity index (χ0n) is 10.4. The van der Waals surface area contributed by atoms with Crippen molar-refractivity contribution < 1.29 is 8.42 Å². The smallest absolute Gasteiger partial charge is 0.211 e. The van der Waals surface area contributed by atoms with Gasteiger partial charge in [0.15, 0.2) is 0 Å². The predicted molar refractivity (Wildman–Crippen MR) is 70.6 cm³/mol. The van der Waals surface area contributed by atoms with Gasteiger partial charge in [-0.05, 0) is 49.1 Å². The molecule has 0 radical (unpaired) electrons. The molecule has 0 spiro atoms. The molecule has 3 atom stereocenters. The fraction of sp³-hybridized carbons (Fsp3) is 0.571. The number of fused-ring (bicyclic) bond motifs is 2. The summed E-state index contributed by atoms with van der Waals surface area (Å²) in [5, 5.41) is 0. The number of hydrogen-bond acceptors (Lipinski definition) is 2. The first-order chi connectivity index (χ1) is 8.65. The Hall–Kier alpha value is -0.870. The first-order valence-electron chi connectivity index (χ1n) is 6.70. The molecular weight excluding hydrogens is 246 g/mol. The Labute approximate surface area is 109 Å². The van der Waals surface area contributed by atoms with Gasteiger partial charge in [-0.15, -0.1) is 0 Å². The van der Waals surface area contributed by atoms with Crippen molar-refractivity contribution in [3.05, 3.63) is 30.3 Å². The van der Waals surface area contributed by atoms with Crippen LogP contribution in [0.5, 0.6) is 0 Å². The molecule has 1 N–H and O–H groups in total. The number of hydrogen-bond donors (Lipinski definition) is 1. The number of rotatable bonds is 4. The Bertz CT molecular complexity index is 512. The van der Waals surface area contributed by atoms with Gasteiger partial charge in [-0.25, -0.2) is 13.1 Å². The lowest BCUT2D eigenvalue weighted by Crippen LogP contribution is -2.31. The minimum absolute atomic E-state index is 0.369. The quantitative estimate of drug-likeness (QED) is 0.908. The highest BCUT2D eigenvalue weighted by atomic mass is 32.2. The van der Waals surface area contributed by atoms with E-state index in [2.05, 4.69) is 4.72 Å². The van der Waals surface area contributed by atoms with Gasteiger partial charge in [0, 0.05) is 6.54 Å². The van der Waals surface area contributed by atoms with Gasteiger partial charge >= 0.3 is 0 Å². The Kier molecular flexibility index (Phi) is 3.16. The van der Waals surface area contributed by atoms with Crippen molar-refractivity contribution in [1.82, 2.24) is 4.72 Å². The van der Waals surface area contributed by atoms with Gasteiger partial charge in [0.25, 0.3) is 0 Å². The second kappa shape index (κ2) is 4.67. The predicted octanol–water partition coefficient (Wildman–Crippen LogP) is 2.40. The number of benzene rings is 1. The van der Waals surface area contributed by atoms with E-state index in [-0.39, 0.29) is 0 Å². The Morgan fingerprint density at radius 2 is 1.89 bits per heavy atom. The van der Waals surface area contributed by atoms with Gasteiger partial charge in [-0.2, -0.15) is 0 Å². The van der Waals surface area contributed by atoms with Crippen LogP contribution in [0.4, 0.5) is 0 Å². The molecule has 0 heterocycles. The summed E-state index contributed by atoms with van der Waals surface area (Å²) < 4.78 is 26.9. The molecule has 2 bridgehead atoms. The summed E-state index contributed by atoms with van der Waals surface area (Å²) in [6.07, 6.45) is 5.18. The molecule has 0 unspecified atom stereocenters. The second-order valence-corrected chi connectivity index (χ2v) is 7.37. The van der Waals surface area contributed by atoms with E-state index in [9.17, 15) is 8.42 Å². The molecule has 3 nitrogen and oxygen atoms in total. The van der Waals surface area contributed by atoms with Crippen molar-refractivity contribution in [1.29, 1.82) is 0 Å². The molecule has 4 heteroatoms. The van der Waals surface area contributed by atoms with Crippen LogP contribution in [0.15, 0.2) is 35.2 Å². The van der Waals surface area contributed by atoms with Crippen LogP contribution in [0.25, 0.3) is 0 Å². The standard InChI is InChI=1S/C14H19NO2S/c16-18(17,14-4-2-1-3-5-14)15-10-13-9-11-6-7-12(13)8-11/h1-5,11-13,15H,6-10H2/t11-,12+,13+/m0/s1. The summed E-state index contributed by atoms with van der Waals surface area (Å²) in [6, 6.07) is 8.62. The number of sulfonamides is 1. The molecule has 0 aliphatic heterocycles. The van der Waals surface area contributed by atoms with Gasteiger partial charge in [0.05, 0.1) is 4.90 Å². The molecule has 18 heavy (non-hydrogen) atoms. The zero-order chi connectivity index (χ0) is 12.6. The van der Waals surface area contributed by atoms with Crippen LogP contribution < -0.4 is 4.72 Å². The summed E-state index contributed by atoms with van der Waals surface area (Å²) in [7, 11) is -3.31. The van der Waals surface area contributed by atoms with Gasteiger partial charge in [0.2, 0.25) is 10.0 Å². The normalized spacial score (nSPS) is 30.8. The van der Waals surface area contributed by atoms with Gasteiger partial charge in [-0.1, -0.05) is 24.6 Å². The second-order valence-electron chi connectivity index (χ2n) is 5.60. The number of nitrogens with one attached hydrogen (secondary N) is 1. The van der Waals surface area contributed by atoms with Gasteiger partial charge in [-0.3, -0.25) is 0 Å². The van der Waals surface area contributed by atoms with E-state index in [1.807, 2.05) is 6.07 Å². The van der Waals surface area contributed by atoms with E-state index in [1.165, 1.54) is 25.7 Å². The fourth-order valence-corrected chi connectivity index (χ4v) is 4.64. The molecule has 2 aliphatic rings. The van der Waals surface area contributed by atoms with E-state index in [4.69, 9.17) is 0 Å². The molecule has 2 fully saturated rings. The SMILES string of the molecule is O=S(=O)(NC[C@H]1C[C@H]2CC[C@@H]1C2)c1ccccc1. The van der Waals surface area contributed by atoms with Crippen molar-refractivity contribution in [2.45, 2.75) is 30.6 Å². The van der Waals surface area contributed by atoms with Crippen molar-refractivity contribution >= 4 is 10.0 Å². The lowest BCUT2D eigenvalue weighted by Gasteiger charge is -2.21. The first kappa shape index (κ1) is 12.2. The maximum atomic E-state index is 12.1. The molecule has 0 saturated heterocycles. The summed E-state index contributed by atoms with van der Waals surface area (Å²) >= 11 is 0. The molecular formula is C14H19NO2S. The van der Waals surface area contributed by atoms with Crippen LogP contribution in [0.2, 0.25) is 0 Å². The molecule has 2 saturated carbocycles. The molecule has 0 aromatic heterocycles. The first-order valence-corrected chi connectivity index (χ1v) is 8.18. The van der Waals surface area contributed by atoms with Crippen molar-refractivity contribution in [3.8, 4) is 0 Å². The van der Waals surface area contributed by atoms with Crippen LogP contribution in [-0.2, 0) is 10.0 Å². The van der Waals surface area contributed by atoms with E-state index >= 15 is 0 Å². The summed E-state index contributed by atoms with van der Waals surface area (Å²) in [5.41, 5.74) is 0. The topological polar surface area (TPSA) is 46.2 Å².